The number of benzene rings is 4. The minimum absolute atomic E-state index is 0.277. The summed E-state index contributed by atoms with van der Waals surface area (Å²) in [7, 11) is 0. The van der Waals surface area contributed by atoms with Gasteiger partial charge in [-0.05, 0) is 61.7 Å². The largest absolute Gasteiger partial charge is 0.462 e. The molecule has 0 saturated heterocycles. The molecule has 1 aromatic heterocycles. The second kappa shape index (κ2) is 10.8. The van der Waals surface area contributed by atoms with Crippen molar-refractivity contribution in [1.29, 1.82) is 0 Å². The number of aromatic nitrogens is 1. The molecule has 0 aliphatic rings. The number of hydrogen-bond acceptors (Lipinski definition) is 7. The van der Waals surface area contributed by atoms with Crippen LogP contribution in [0.25, 0.3) is 31.6 Å². The Bertz CT molecular complexity index is 1620. The van der Waals surface area contributed by atoms with Gasteiger partial charge in [-0.2, -0.15) is 0 Å². The van der Waals surface area contributed by atoms with E-state index in [1.807, 2.05) is 48.5 Å². The van der Waals surface area contributed by atoms with E-state index in [4.69, 9.17) is 14.5 Å². The molecule has 0 aliphatic heterocycles. The number of nitrogens with one attached hydrogen (secondary N) is 1. The molecular weight excluding hydrogens is 500 g/mol. The van der Waals surface area contributed by atoms with Crippen molar-refractivity contribution in [2.45, 2.75) is 20.0 Å². The second-order valence-corrected chi connectivity index (χ2v) is 9.56. The maximum Gasteiger partial charge on any atom is 0.339 e. The van der Waals surface area contributed by atoms with Gasteiger partial charge in [-0.1, -0.05) is 42.5 Å². The summed E-state index contributed by atoms with van der Waals surface area (Å²) in [5, 5.41) is 5.10. The van der Waals surface area contributed by atoms with Gasteiger partial charge in [0.25, 0.3) is 5.91 Å². The summed E-state index contributed by atoms with van der Waals surface area (Å²) in [6.45, 7) is 3.52. The van der Waals surface area contributed by atoms with E-state index in [9.17, 15) is 14.4 Å². The molecule has 8 heteroatoms. The van der Waals surface area contributed by atoms with Crippen molar-refractivity contribution in [3.05, 3.63) is 96.1 Å². The van der Waals surface area contributed by atoms with Crippen LogP contribution < -0.4 is 5.32 Å². The number of amides is 1. The van der Waals surface area contributed by atoms with Crippen molar-refractivity contribution < 1.29 is 23.9 Å². The Morgan fingerprint density at radius 2 is 1.63 bits per heavy atom. The van der Waals surface area contributed by atoms with Gasteiger partial charge in [0, 0.05) is 16.6 Å². The van der Waals surface area contributed by atoms with E-state index < -0.39 is 23.9 Å². The quantitative estimate of drug-likeness (QED) is 0.245. The van der Waals surface area contributed by atoms with E-state index in [2.05, 4.69) is 5.32 Å². The minimum Gasteiger partial charge on any atom is -0.462 e. The molecule has 1 atom stereocenters. The molecular formula is C30H24N2O5S. The fourth-order valence-corrected chi connectivity index (χ4v) is 5.10. The smallest absolute Gasteiger partial charge is 0.339 e. The highest BCUT2D eigenvalue weighted by Crippen LogP contribution is 2.36. The Balaban J connectivity index is 1.36. The Morgan fingerprint density at radius 3 is 2.37 bits per heavy atom. The molecule has 0 fully saturated rings. The summed E-state index contributed by atoms with van der Waals surface area (Å²) in [5.41, 5.74) is 2.93. The molecule has 5 rings (SSSR count). The fourth-order valence-electron chi connectivity index (χ4n) is 4.10. The molecule has 0 radical (unpaired) electrons. The van der Waals surface area contributed by atoms with Gasteiger partial charge in [0.1, 0.15) is 5.01 Å². The lowest BCUT2D eigenvalue weighted by Crippen LogP contribution is -2.30. The lowest BCUT2D eigenvalue weighted by molar-refractivity contribution is -0.123. The molecule has 7 nitrogen and oxygen atoms in total. The van der Waals surface area contributed by atoms with Crippen molar-refractivity contribution in [3.8, 4) is 10.6 Å². The zero-order valence-corrected chi connectivity index (χ0v) is 21.6. The van der Waals surface area contributed by atoms with E-state index in [1.54, 1.807) is 54.7 Å². The summed E-state index contributed by atoms with van der Waals surface area (Å²) in [6.07, 6.45) is -1.06. The number of carbonyl (C=O) groups is 3. The average molecular weight is 525 g/mol. The highest BCUT2D eigenvalue weighted by Gasteiger charge is 2.22. The summed E-state index contributed by atoms with van der Waals surface area (Å²) >= 11 is 1.55. The topological polar surface area (TPSA) is 94.6 Å². The van der Waals surface area contributed by atoms with E-state index >= 15 is 0 Å². The Morgan fingerprint density at radius 1 is 0.895 bits per heavy atom. The number of ether oxygens (including phenoxy) is 2. The summed E-state index contributed by atoms with van der Waals surface area (Å²) in [6, 6.07) is 25.4. The lowest BCUT2D eigenvalue weighted by Gasteiger charge is -2.15. The first kappa shape index (κ1) is 25.1. The normalized spacial score (nSPS) is 11.7. The van der Waals surface area contributed by atoms with Crippen LogP contribution in [0.15, 0.2) is 84.9 Å². The van der Waals surface area contributed by atoms with Crippen LogP contribution in [0, 0.1) is 0 Å². The number of carbonyl (C=O) groups excluding carboxylic acids is 3. The molecule has 4 aromatic carbocycles. The van der Waals surface area contributed by atoms with Crippen molar-refractivity contribution in [2.24, 2.45) is 0 Å². The van der Waals surface area contributed by atoms with Gasteiger partial charge >= 0.3 is 11.9 Å². The monoisotopic (exact) mass is 524 g/mol. The summed E-state index contributed by atoms with van der Waals surface area (Å²) < 4.78 is 11.6. The molecule has 1 amide bonds. The zero-order chi connectivity index (χ0) is 26.6. The van der Waals surface area contributed by atoms with Crippen LogP contribution in [0.2, 0.25) is 0 Å². The van der Waals surface area contributed by atoms with Crippen molar-refractivity contribution >= 4 is 55.9 Å². The third-order valence-corrected chi connectivity index (χ3v) is 7.04. The SMILES string of the molecule is CCOC(=O)c1ccc(NC(=O)C(C)OC(=O)c2cccc3cccc(-c4nc5ccccc5s4)c23)cc1. The van der Waals surface area contributed by atoms with E-state index in [1.165, 1.54) is 6.92 Å². The van der Waals surface area contributed by atoms with Gasteiger partial charge in [0.2, 0.25) is 0 Å². The van der Waals surface area contributed by atoms with Gasteiger partial charge in [-0.25, -0.2) is 14.6 Å². The van der Waals surface area contributed by atoms with Crippen LogP contribution in [-0.2, 0) is 14.3 Å². The number of nitrogens with zero attached hydrogens (tertiary/aromatic N) is 1. The van der Waals surface area contributed by atoms with Crippen LogP contribution in [0.1, 0.15) is 34.6 Å². The standard InChI is InChI=1S/C30H24N2O5S/c1-3-36-29(34)20-14-16-21(17-15-20)31-27(33)18(2)37-30(35)23-11-7-9-19-8-6-10-22(26(19)23)28-32-24-12-4-5-13-25(24)38-28/h4-18H,3H2,1-2H3,(H,31,33). The first-order valence-corrected chi connectivity index (χ1v) is 12.9. The van der Waals surface area contributed by atoms with Gasteiger partial charge < -0.3 is 14.8 Å². The predicted molar refractivity (Wildman–Crippen MR) is 148 cm³/mol. The number of anilines is 1. The Kier molecular flexibility index (Phi) is 7.15. The molecule has 5 aromatic rings. The first-order valence-electron chi connectivity index (χ1n) is 12.1. The Hall–Kier alpha value is -4.56. The summed E-state index contributed by atoms with van der Waals surface area (Å²) in [4.78, 5) is 42.7. The van der Waals surface area contributed by atoms with Crippen LogP contribution >= 0.6 is 11.3 Å². The number of esters is 2. The first-order chi connectivity index (χ1) is 18.4. The van der Waals surface area contributed by atoms with E-state index in [-0.39, 0.29) is 6.61 Å². The minimum atomic E-state index is -1.06. The number of fused-ring (bicyclic) bond motifs is 2. The molecule has 0 saturated carbocycles. The highest BCUT2D eigenvalue weighted by atomic mass is 32.1. The van der Waals surface area contributed by atoms with Gasteiger partial charge in [-0.15, -0.1) is 11.3 Å². The molecule has 1 N–H and O–H groups in total. The molecule has 190 valence electrons. The summed E-state index contributed by atoms with van der Waals surface area (Å²) in [5.74, 6) is -1.54. The number of rotatable bonds is 7. The lowest BCUT2D eigenvalue weighted by atomic mass is 9.99. The maximum absolute atomic E-state index is 13.3. The fraction of sp³-hybridized carbons (Fsp3) is 0.133. The molecule has 0 spiro atoms. The number of thiazole rings is 1. The third kappa shape index (κ3) is 5.12. The average Bonchev–Trinajstić information content (AvgIpc) is 3.37. The van der Waals surface area contributed by atoms with Crippen LogP contribution in [-0.4, -0.2) is 35.5 Å². The maximum atomic E-state index is 13.3. The molecule has 1 heterocycles. The predicted octanol–water partition coefficient (Wildman–Crippen LogP) is 6.48. The highest BCUT2D eigenvalue weighted by molar-refractivity contribution is 7.21. The molecule has 0 bridgehead atoms. The van der Waals surface area contributed by atoms with Crippen molar-refractivity contribution in [1.82, 2.24) is 4.98 Å². The molecule has 1 unspecified atom stereocenters. The van der Waals surface area contributed by atoms with E-state index in [0.29, 0.717) is 16.8 Å². The Labute approximate surface area is 223 Å². The van der Waals surface area contributed by atoms with Crippen LogP contribution in [0.4, 0.5) is 5.69 Å². The van der Waals surface area contributed by atoms with Gasteiger partial charge in [-0.3, -0.25) is 4.79 Å². The van der Waals surface area contributed by atoms with Gasteiger partial charge in [0.15, 0.2) is 6.10 Å². The number of para-hydroxylation sites is 1. The van der Waals surface area contributed by atoms with Gasteiger partial charge in [0.05, 0.1) is 28.0 Å². The van der Waals surface area contributed by atoms with Crippen molar-refractivity contribution in [2.75, 3.05) is 11.9 Å². The zero-order valence-electron chi connectivity index (χ0n) is 20.8. The van der Waals surface area contributed by atoms with Crippen molar-refractivity contribution in [3.63, 3.8) is 0 Å². The van der Waals surface area contributed by atoms with Crippen LogP contribution in [0.3, 0.4) is 0 Å². The van der Waals surface area contributed by atoms with E-state index in [0.717, 1.165) is 31.6 Å². The molecule has 0 aliphatic carbocycles. The van der Waals surface area contributed by atoms with Crippen LogP contribution in [0.5, 0.6) is 0 Å². The second-order valence-electron chi connectivity index (χ2n) is 8.53. The third-order valence-electron chi connectivity index (χ3n) is 5.97. The molecule has 38 heavy (non-hydrogen) atoms. The number of hydrogen-bond donors (Lipinski definition) is 1.